The van der Waals surface area contributed by atoms with Gasteiger partial charge in [-0.05, 0) is 24.1 Å². The van der Waals surface area contributed by atoms with Crippen molar-refractivity contribution in [1.82, 2.24) is 9.88 Å². The van der Waals surface area contributed by atoms with E-state index in [0.717, 1.165) is 10.5 Å². The van der Waals surface area contributed by atoms with Crippen LogP contribution in [0.3, 0.4) is 0 Å². The zero-order valence-electron chi connectivity index (χ0n) is 13.7. The van der Waals surface area contributed by atoms with Gasteiger partial charge in [-0.3, -0.25) is 9.78 Å². The van der Waals surface area contributed by atoms with Crippen LogP contribution in [0.5, 0.6) is 0 Å². The van der Waals surface area contributed by atoms with Crippen LogP contribution in [0.1, 0.15) is 17.2 Å². The molecule has 0 saturated carbocycles. The largest absolute Gasteiger partial charge is 0.341 e. The van der Waals surface area contributed by atoms with Gasteiger partial charge in [-0.25, -0.2) is 8.42 Å². The van der Waals surface area contributed by atoms with Gasteiger partial charge in [0.25, 0.3) is 0 Å². The van der Waals surface area contributed by atoms with Crippen molar-refractivity contribution in [2.75, 3.05) is 24.6 Å². The van der Waals surface area contributed by atoms with Gasteiger partial charge in [-0.1, -0.05) is 30.3 Å². The second-order valence-electron chi connectivity index (χ2n) is 5.91. The molecule has 1 aromatic carbocycles. The zero-order valence-corrected chi connectivity index (χ0v) is 15.4. The number of rotatable bonds is 4. The molecule has 0 N–H and O–H groups in total. The minimum Gasteiger partial charge on any atom is -0.341 e. The summed E-state index contributed by atoms with van der Waals surface area (Å²) in [6.45, 7) is 0.732. The lowest BCUT2D eigenvalue weighted by Gasteiger charge is -2.19. The fourth-order valence-corrected chi connectivity index (χ4v) is 5.49. The highest BCUT2D eigenvalue weighted by atomic mass is 32.2. The third-order valence-electron chi connectivity index (χ3n) is 4.28. The average molecular weight is 377 g/mol. The summed E-state index contributed by atoms with van der Waals surface area (Å²) >= 11 is 1.45. The summed E-state index contributed by atoms with van der Waals surface area (Å²) in [7, 11) is -3.26. The first-order valence-corrected chi connectivity index (χ1v) is 10.8. The maximum absolute atomic E-state index is 12.6. The zero-order chi connectivity index (χ0) is 17.7. The molecule has 2 aromatic rings. The van der Waals surface area contributed by atoms with Crippen molar-refractivity contribution >= 4 is 27.5 Å². The second kappa shape index (κ2) is 8.01. The normalized spacial score (nSPS) is 20.0. The van der Waals surface area contributed by atoms with Crippen molar-refractivity contribution in [3.63, 3.8) is 0 Å². The molecule has 2 heterocycles. The number of amides is 1. The van der Waals surface area contributed by atoms with Gasteiger partial charge in [0.15, 0.2) is 9.84 Å². The van der Waals surface area contributed by atoms with Gasteiger partial charge in [0.05, 0.1) is 16.8 Å². The Morgan fingerprint density at radius 2 is 1.84 bits per heavy atom. The molecule has 7 heteroatoms. The lowest BCUT2D eigenvalue weighted by Crippen LogP contribution is -2.34. The predicted octanol–water partition coefficient (Wildman–Crippen LogP) is 2.56. The Hall–Kier alpha value is -1.86. The van der Waals surface area contributed by atoms with E-state index in [1.54, 1.807) is 17.3 Å². The molecule has 0 unspecified atom stereocenters. The third-order valence-corrected chi connectivity index (χ3v) is 7.40. The first kappa shape index (κ1) is 17.9. The van der Waals surface area contributed by atoms with Gasteiger partial charge in [-0.2, -0.15) is 0 Å². The van der Waals surface area contributed by atoms with Crippen LogP contribution in [-0.2, 0) is 14.6 Å². The molecular weight excluding hydrogens is 356 g/mol. The number of thioether (sulfide) groups is 1. The van der Waals surface area contributed by atoms with Crippen molar-refractivity contribution < 1.29 is 13.2 Å². The Labute approximate surface area is 152 Å². The molecule has 3 rings (SSSR count). The maximum atomic E-state index is 12.6. The van der Waals surface area contributed by atoms with Gasteiger partial charge in [0, 0.05) is 30.4 Å². The van der Waals surface area contributed by atoms with Crippen LogP contribution in [-0.4, -0.2) is 48.8 Å². The van der Waals surface area contributed by atoms with Crippen LogP contribution >= 0.6 is 11.8 Å². The number of aromatic nitrogens is 1. The quantitative estimate of drug-likeness (QED) is 0.767. The number of pyridine rings is 1. The minimum atomic E-state index is -3.26. The van der Waals surface area contributed by atoms with E-state index < -0.39 is 15.1 Å². The summed E-state index contributed by atoms with van der Waals surface area (Å²) in [6.07, 6.45) is 3.82. The first-order chi connectivity index (χ1) is 12.1. The molecule has 25 heavy (non-hydrogen) atoms. The molecule has 1 fully saturated rings. The van der Waals surface area contributed by atoms with Gasteiger partial charge in [0.2, 0.25) is 5.91 Å². The Morgan fingerprint density at radius 3 is 2.56 bits per heavy atom. The number of nitrogens with zero attached hydrogens (tertiary/aromatic N) is 2. The van der Waals surface area contributed by atoms with E-state index in [2.05, 4.69) is 4.98 Å². The molecule has 1 aliphatic heterocycles. The van der Waals surface area contributed by atoms with E-state index in [1.807, 2.05) is 42.5 Å². The van der Waals surface area contributed by atoms with E-state index in [0.29, 0.717) is 18.7 Å². The monoisotopic (exact) mass is 376 g/mol. The van der Waals surface area contributed by atoms with Gasteiger partial charge in [0.1, 0.15) is 0 Å². The first-order valence-electron chi connectivity index (χ1n) is 8.13. The lowest BCUT2D eigenvalue weighted by molar-refractivity contribution is -0.128. The van der Waals surface area contributed by atoms with Crippen LogP contribution in [0.15, 0.2) is 59.8 Å². The van der Waals surface area contributed by atoms with E-state index in [9.17, 15) is 13.2 Å². The Kier molecular flexibility index (Phi) is 5.75. The molecule has 1 aliphatic rings. The molecule has 132 valence electrons. The molecule has 1 atom stereocenters. The van der Waals surface area contributed by atoms with E-state index >= 15 is 0 Å². The molecule has 5 nitrogen and oxygen atoms in total. The number of benzene rings is 1. The standard InChI is InChI=1S/C18H20N2O3S2/c21-18(14-24-16-6-9-19-10-7-16)20-11-8-17(25(22,23)13-12-20)15-4-2-1-3-5-15/h1-7,9-10,17H,8,11-14H2/t17-/m0/s1. The van der Waals surface area contributed by atoms with E-state index in [4.69, 9.17) is 0 Å². The van der Waals surface area contributed by atoms with Crippen molar-refractivity contribution in [1.29, 1.82) is 0 Å². The summed E-state index contributed by atoms with van der Waals surface area (Å²) in [5.74, 6) is 0.295. The summed E-state index contributed by atoms with van der Waals surface area (Å²) in [4.78, 5) is 19.1. The number of hydrogen-bond donors (Lipinski definition) is 0. The topological polar surface area (TPSA) is 67.3 Å². The van der Waals surface area contributed by atoms with Crippen molar-refractivity contribution in [3.8, 4) is 0 Å². The summed E-state index contributed by atoms with van der Waals surface area (Å²) in [5.41, 5.74) is 0.808. The van der Waals surface area contributed by atoms with Crippen LogP contribution < -0.4 is 0 Å². The number of carbonyl (C=O) groups is 1. The number of hydrogen-bond acceptors (Lipinski definition) is 5. The fourth-order valence-electron chi connectivity index (χ4n) is 2.91. The lowest BCUT2D eigenvalue weighted by atomic mass is 10.1. The Morgan fingerprint density at radius 1 is 1.12 bits per heavy atom. The SMILES string of the molecule is O=C(CSc1ccncc1)N1CC[C@@H](c2ccccc2)S(=O)(=O)CC1. The molecule has 0 aliphatic carbocycles. The molecule has 0 spiro atoms. The fraction of sp³-hybridized carbons (Fsp3) is 0.333. The molecule has 0 bridgehead atoms. The summed E-state index contributed by atoms with van der Waals surface area (Å²) < 4.78 is 25.2. The van der Waals surface area contributed by atoms with E-state index in [-0.39, 0.29) is 18.2 Å². The molecule has 0 radical (unpaired) electrons. The van der Waals surface area contributed by atoms with Crippen LogP contribution in [0.2, 0.25) is 0 Å². The third kappa shape index (κ3) is 4.61. The molecule has 1 amide bonds. The summed E-state index contributed by atoms with van der Waals surface area (Å²) in [6, 6.07) is 13.0. The predicted molar refractivity (Wildman–Crippen MR) is 99.1 cm³/mol. The Bertz CT molecular complexity index is 811. The van der Waals surface area contributed by atoms with Crippen molar-refractivity contribution in [3.05, 3.63) is 60.4 Å². The summed E-state index contributed by atoms with van der Waals surface area (Å²) in [5, 5.41) is -0.528. The molecular formula is C18H20N2O3S2. The smallest absolute Gasteiger partial charge is 0.232 e. The number of sulfone groups is 1. The van der Waals surface area contributed by atoms with Crippen molar-refractivity contribution in [2.45, 2.75) is 16.6 Å². The van der Waals surface area contributed by atoms with Gasteiger partial charge >= 0.3 is 0 Å². The highest BCUT2D eigenvalue weighted by molar-refractivity contribution is 8.00. The highest BCUT2D eigenvalue weighted by Gasteiger charge is 2.32. The van der Waals surface area contributed by atoms with Gasteiger partial charge < -0.3 is 4.90 Å². The second-order valence-corrected chi connectivity index (χ2v) is 9.26. The number of carbonyl (C=O) groups excluding carboxylic acids is 1. The highest BCUT2D eigenvalue weighted by Crippen LogP contribution is 2.29. The van der Waals surface area contributed by atoms with Crippen LogP contribution in [0, 0.1) is 0 Å². The van der Waals surface area contributed by atoms with Crippen LogP contribution in [0.4, 0.5) is 0 Å². The van der Waals surface area contributed by atoms with Crippen LogP contribution in [0.25, 0.3) is 0 Å². The minimum absolute atomic E-state index is 0.0121. The van der Waals surface area contributed by atoms with Crippen molar-refractivity contribution in [2.24, 2.45) is 0 Å². The molecule has 1 saturated heterocycles. The van der Waals surface area contributed by atoms with E-state index in [1.165, 1.54) is 11.8 Å². The maximum Gasteiger partial charge on any atom is 0.232 e. The molecule has 1 aromatic heterocycles. The Balaban J connectivity index is 1.65. The van der Waals surface area contributed by atoms with Gasteiger partial charge in [-0.15, -0.1) is 11.8 Å². The average Bonchev–Trinajstić information content (AvgIpc) is 2.79.